The van der Waals surface area contributed by atoms with Gasteiger partial charge >= 0.3 is 0 Å². The lowest BCUT2D eigenvalue weighted by atomic mass is 10.3. The number of nitrogens with zero attached hydrogens (tertiary/aromatic N) is 2. The van der Waals surface area contributed by atoms with Crippen LogP contribution in [0.25, 0.3) is 5.65 Å². The quantitative estimate of drug-likeness (QED) is 0.929. The maximum atomic E-state index is 12.1. The SMILES string of the molecule is CC(NS(=O)C(C)(C)C)c1cn2cc(Br)ccc2n1. The van der Waals surface area contributed by atoms with Crippen LogP contribution in [-0.2, 0) is 11.0 Å². The van der Waals surface area contributed by atoms with Gasteiger partial charge in [0.05, 0.1) is 27.5 Å². The number of halogens is 1. The highest BCUT2D eigenvalue weighted by Crippen LogP contribution is 2.18. The summed E-state index contributed by atoms with van der Waals surface area (Å²) in [6.07, 6.45) is 3.91. The van der Waals surface area contributed by atoms with Crippen molar-refractivity contribution in [2.75, 3.05) is 0 Å². The predicted octanol–water partition coefficient (Wildman–Crippen LogP) is 3.21. The molecule has 2 heterocycles. The molecule has 6 heteroatoms. The number of nitrogens with one attached hydrogen (secondary N) is 1. The molecule has 0 aliphatic heterocycles. The number of hydrogen-bond donors (Lipinski definition) is 1. The average molecular weight is 344 g/mol. The third kappa shape index (κ3) is 3.43. The minimum Gasteiger partial charge on any atom is -0.306 e. The lowest BCUT2D eigenvalue weighted by Gasteiger charge is -2.20. The van der Waals surface area contributed by atoms with Crippen molar-refractivity contribution in [3.63, 3.8) is 0 Å². The molecule has 0 fully saturated rings. The highest BCUT2D eigenvalue weighted by Gasteiger charge is 2.22. The molecule has 0 aromatic carbocycles. The summed E-state index contributed by atoms with van der Waals surface area (Å²) in [6, 6.07) is 3.84. The Balaban J connectivity index is 2.22. The first kappa shape index (κ1) is 14.7. The van der Waals surface area contributed by atoms with Crippen LogP contribution < -0.4 is 4.72 Å². The number of aromatic nitrogens is 2. The van der Waals surface area contributed by atoms with Gasteiger partial charge in [-0.1, -0.05) is 0 Å². The summed E-state index contributed by atoms with van der Waals surface area (Å²) in [5.74, 6) is 0. The second-order valence-corrected chi connectivity index (χ2v) is 8.41. The van der Waals surface area contributed by atoms with E-state index in [0.717, 1.165) is 15.8 Å². The van der Waals surface area contributed by atoms with Crippen molar-refractivity contribution < 1.29 is 4.21 Å². The topological polar surface area (TPSA) is 46.4 Å². The molecule has 0 bridgehead atoms. The van der Waals surface area contributed by atoms with E-state index in [1.165, 1.54) is 0 Å². The Bertz CT molecular complexity index is 618. The summed E-state index contributed by atoms with van der Waals surface area (Å²) in [6.45, 7) is 7.82. The van der Waals surface area contributed by atoms with Gasteiger partial charge in [0.15, 0.2) is 0 Å². The van der Waals surface area contributed by atoms with Crippen LogP contribution in [0.3, 0.4) is 0 Å². The lowest BCUT2D eigenvalue weighted by Crippen LogP contribution is -2.34. The van der Waals surface area contributed by atoms with Crippen molar-refractivity contribution in [1.82, 2.24) is 14.1 Å². The molecule has 2 atom stereocenters. The Morgan fingerprint density at radius 1 is 1.37 bits per heavy atom. The van der Waals surface area contributed by atoms with Gasteiger partial charge in [-0.05, 0) is 55.8 Å². The number of imidazole rings is 1. The van der Waals surface area contributed by atoms with E-state index >= 15 is 0 Å². The Hall–Kier alpha value is -0.720. The van der Waals surface area contributed by atoms with Crippen LogP contribution in [0, 0.1) is 0 Å². The molecule has 0 aliphatic rings. The average Bonchev–Trinajstić information content (AvgIpc) is 2.70. The molecule has 2 rings (SSSR count). The fourth-order valence-electron chi connectivity index (χ4n) is 1.59. The van der Waals surface area contributed by atoms with E-state index in [4.69, 9.17) is 0 Å². The minimum absolute atomic E-state index is 0.0567. The highest BCUT2D eigenvalue weighted by atomic mass is 79.9. The minimum atomic E-state index is -1.10. The van der Waals surface area contributed by atoms with Gasteiger partial charge in [-0.3, -0.25) is 0 Å². The van der Waals surface area contributed by atoms with Crippen LogP contribution >= 0.6 is 15.9 Å². The van der Waals surface area contributed by atoms with Gasteiger partial charge in [0.25, 0.3) is 0 Å². The molecule has 2 unspecified atom stereocenters. The van der Waals surface area contributed by atoms with Crippen LogP contribution in [0.15, 0.2) is 29.0 Å². The number of fused-ring (bicyclic) bond motifs is 1. The zero-order valence-electron chi connectivity index (χ0n) is 11.5. The summed E-state index contributed by atoms with van der Waals surface area (Å²) < 4.78 is 17.8. The lowest BCUT2D eigenvalue weighted by molar-refractivity contribution is 0.612. The molecular formula is C13H18BrN3OS. The first-order valence-corrected chi connectivity index (χ1v) is 8.04. The van der Waals surface area contributed by atoms with E-state index in [1.807, 2.05) is 56.6 Å². The van der Waals surface area contributed by atoms with Crippen molar-refractivity contribution in [1.29, 1.82) is 0 Å². The maximum Gasteiger partial charge on any atom is 0.137 e. The smallest absolute Gasteiger partial charge is 0.137 e. The van der Waals surface area contributed by atoms with Crippen LogP contribution in [0.2, 0.25) is 0 Å². The molecule has 1 N–H and O–H groups in total. The Morgan fingerprint density at radius 2 is 2.05 bits per heavy atom. The van der Waals surface area contributed by atoms with Gasteiger partial charge in [-0.25, -0.2) is 13.9 Å². The molecule has 2 aromatic rings. The molecule has 0 spiro atoms. The highest BCUT2D eigenvalue weighted by molar-refractivity contribution is 9.10. The predicted molar refractivity (Wildman–Crippen MR) is 82.3 cm³/mol. The van der Waals surface area contributed by atoms with E-state index in [9.17, 15) is 4.21 Å². The zero-order chi connectivity index (χ0) is 14.2. The third-order valence-corrected chi connectivity index (χ3v) is 4.87. The fraction of sp³-hybridized carbons (Fsp3) is 0.462. The molecule has 2 aromatic heterocycles. The monoisotopic (exact) mass is 343 g/mol. The zero-order valence-corrected chi connectivity index (χ0v) is 13.9. The fourth-order valence-corrected chi connectivity index (χ4v) is 2.74. The van der Waals surface area contributed by atoms with E-state index in [1.54, 1.807) is 0 Å². The van der Waals surface area contributed by atoms with Crippen molar-refractivity contribution in [3.05, 3.63) is 34.7 Å². The third-order valence-electron chi connectivity index (χ3n) is 2.72. The van der Waals surface area contributed by atoms with Gasteiger partial charge in [-0.2, -0.15) is 0 Å². The van der Waals surface area contributed by atoms with Gasteiger partial charge in [0, 0.05) is 16.9 Å². The van der Waals surface area contributed by atoms with Gasteiger partial charge < -0.3 is 4.40 Å². The number of pyridine rings is 1. The summed E-state index contributed by atoms with van der Waals surface area (Å²) in [5, 5.41) is 0. The van der Waals surface area contributed by atoms with E-state index < -0.39 is 11.0 Å². The standard InChI is InChI=1S/C13H18BrN3OS/c1-9(16-19(18)13(2,3)4)11-8-17-7-10(14)5-6-12(17)15-11/h5-9,16H,1-4H3. The second kappa shape index (κ2) is 5.34. The first-order valence-electron chi connectivity index (χ1n) is 6.09. The molecule has 0 saturated carbocycles. The van der Waals surface area contributed by atoms with Crippen LogP contribution in [0.5, 0.6) is 0 Å². The van der Waals surface area contributed by atoms with Crippen molar-refractivity contribution in [2.45, 2.75) is 38.5 Å². The van der Waals surface area contributed by atoms with Crippen LogP contribution in [-0.4, -0.2) is 18.3 Å². The van der Waals surface area contributed by atoms with E-state index in [-0.39, 0.29) is 10.8 Å². The van der Waals surface area contributed by atoms with E-state index in [2.05, 4.69) is 25.6 Å². The van der Waals surface area contributed by atoms with Crippen LogP contribution in [0.4, 0.5) is 0 Å². The Labute approximate surface area is 124 Å². The molecule has 104 valence electrons. The molecular weight excluding hydrogens is 326 g/mol. The van der Waals surface area contributed by atoms with Gasteiger partial charge in [-0.15, -0.1) is 0 Å². The summed E-state index contributed by atoms with van der Waals surface area (Å²) in [5.41, 5.74) is 1.77. The van der Waals surface area contributed by atoms with E-state index in [0.29, 0.717) is 0 Å². The van der Waals surface area contributed by atoms with Crippen molar-refractivity contribution in [3.8, 4) is 0 Å². The summed E-state index contributed by atoms with van der Waals surface area (Å²) in [4.78, 5) is 4.53. The summed E-state index contributed by atoms with van der Waals surface area (Å²) in [7, 11) is -1.10. The van der Waals surface area contributed by atoms with Crippen molar-refractivity contribution in [2.24, 2.45) is 0 Å². The summed E-state index contributed by atoms with van der Waals surface area (Å²) >= 11 is 3.43. The van der Waals surface area contributed by atoms with Gasteiger partial charge in [0.1, 0.15) is 5.65 Å². The van der Waals surface area contributed by atoms with Gasteiger partial charge in [0.2, 0.25) is 0 Å². The van der Waals surface area contributed by atoms with Crippen LogP contribution in [0.1, 0.15) is 39.4 Å². The van der Waals surface area contributed by atoms with Crippen molar-refractivity contribution >= 4 is 32.6 Å². The number of rotatable bonds is 3. The molecule has 0 amide bonds. The molecule has 0 aliphatic carbocycles. The largest absolute Gasteiger partial charge is 0.306 e. The first-order chi connectivity index (χ1) is 8.77. The molecule has 19 heavy (non-hydrogen) atoms. The Morgan fingerprint density at radius 3 is 2.68 bits per heavy atom. The molecule has 4 nitrogen and oxygen atoms in total. The second-order valence-electron chi connectivity index (χ2n) is 5.50. The number of hydrogen-bond acceptors (Lipinski definition) is 2. The maximum absolute atomic E-state index is 12.1. The molecule has 0 saturated heterocycles. The normalized spacial score (nSPS) is 15.6. The Kier molecular flexibility index (Phi) is 4.13. The molecule has 0 radical (unpaired) electrons.